The second kappa shape index (κ2) is 7.35. The molecule has 5 nitrogen and oxygen atoms in total. The fourth-order valence-electron chi connectivity index (χ4n) is 3.99. The zero-order chi connectivity index (χ0) is 19.0. The van der Waals surface area contributed by atoms with Gasteiger partial charge in [-0.3, -0.25) is 4.79 Å². The Morgan fingerprint density at radius 3 is 2.74 bits per heavy atom. The molecule has 1 fully saturated rings. The van der Waals surface area contributed by atoms with Crippen molar-refractivity contribution in [3.8, 4) is 16.2 Å². The van der Waals surface area contributed by atoms with Crippen LogP contribution in [-0.2, 0) is 16.1 Å². The molecular weight excluding hydrogens is 362 g/mol. The largest absolute Gasteiger partial charge is 0.488 e. The number of hydrogen-bond donors (Lipinski definition) is 0. The Balaban J connectivity index is 1.44. The Bertz CT molecular complexity index is 865. The topological polar surface area (TPSA) is 55.8 Å². The minimum atomic E-state index is -0.447. The maximum atomic E-state index is 12.5. The fraction of sp³-hybridized carbons (Fsp3) is 0.429. The van der Waals surface area contributed by atoms with Crippen LogP contribution in [0.5, 0.6) is 5.75 Å². The first-order valence-electron chi connectivity index (χ1n) is 9.38. The van der Waals surface area contributed by atoms with Gasteiger partial charge >= 0.3 is 5.97 Å². The molecule has 2 aromatic rings. The number of para-hydroxylation sites is 1. The third-order valence-electron chi connectivity index (χ3n) is 5.33. The van der Waals surface area contributed by atoms with E-state index in [1.165, 1.54) is 11.3 Å². The summed E-state index contributed by atoms with van der Waals surface area (Å²) in [5.41, 5.74) is 1.98. The molecule has 2 atom stereocenters. The number of ether oxygens (including phenoxy) is 2. The summed E-state index contributed by atoms with van der Waals surface area (Å²) in [6.45, 7) is 4.35. The molecule has 0 spiro atoms. The van der Waals surface area contributed by atoms with Gasteiger partial charge in [0.25, 0.3) is 5.91 Å². The van der Waals surface area contributed by atoms with Crippen molar-refractivity contribution in [1.29, 1.82) is 0 Å². The van der Waals surface area contributed by atoms with Gasteiger partial charge in [0.05, 0.1) is 0 Å². The van der Waals surface area contributed by atoms with Crippen molar-refractivity contribution in [3.05, 3.63) is 40.8 Å². The minimum Gasteiger partial charge on any atom is -0.488 e. The summed E-state index contributed by atoms with van der Waals surface area (Å²) in [5.74, 6) is 0.269. The quantitative estimate of drug-likeness (QED) is 0.741. The Kier molecular flexibility index (Phi) is 4.91. The highest BCUT2D eigenvalue weighted by molar-refractivity contribution is 7.17. The molecule has 2 aliphatic rings. The van der Waals surface area contributed by atoms with Crippen molar-refractivity contribution in [1.82, 2.24) is 4.90 Å². The van der Waals surface area contributed by atoms with E-state index in [-0.39, 0.29) is 24.6 Å². The van der Waals surface area contributed by atoms with E-state index < -0.39 is 5.97 Å². The molecular formula is C21H23NO4S. The van der Waals surface area contributed by atoms with E-state index in [4.69, 9.17) is 9.47 Å². The number of likely N-dealkylation sites (tertiary alicyclic amines) is 1. The molecule has 142 valence electrons. The monoisotopic (exact) mass is 385 g/mol. The lowest BCUT2D eigenvalue weighted by atomic mass is 9.97. The van der Waals surface area contributed by atoms with Gasteiger partial charge in [0.2, 0.25) is 0 Å². The molecule has 3 heterocycles. The average Bonchev–Trinajstić information content (AvgIpc) is 3.11. The maximum Gasteiger partial charge on any atom is 0.348 e. The number of hydrogen-bond acceptors (Lipinski definition) is 5. The molecule has 0 aliphatic carbocycles. The maximum absolute atomic E-state index is 12.5. The van der Waals surface area contributed by atoms with Crippen LogP contribution in [0.4, 0.5) is 0 Å². The molecule has 1 aromatic carbocycles. The summed E-state index contributed by atoms with van der Waals surface area (Å²) in [5, 5.41) is 0. The van der Waals surface area contributed by atoms with E-state index >= 15 is 0 Å². The lowest BCUT2D eigenvalue weighted by Gasteiger charge is -2.38. The molecule has 1 amide bonds. The molecule has 0 unspecified atom stereocenters. The lowest BCUT2D eigenvalue weighted by molar-refractivity contribution is -0.140. The van der Waals surface area contributed by atoms with E-state index in [0.29, 0.717) is 11.5 Å². The zero-order valence-corrected chi connectivity index (χ0v) is 16.4. The van der Waals surface area contributed by atoms with Gasteiger partial charge in [-0.1, -0.05) is 12.1 Å². The molecule has 1 aromatic heterocycles. The number of rotatable bonds is 3. The fourth-order valence-corrected chi connectivity index (χ4v) is 5.08. The van der Waals surface area contributed by atoms with Gasteiger partial charge < -0.3 is 14.4 Å². The normalized spacial score (nSPS) is 21.0. The highest BCUT2D eigenvalue weighted by Crippen LogP contribution is 2.42. The third-order valence-corrected chi connectivity index (χ3v) is 6.52. The predicted molar refractivity (Wildman–Crippen MR) is 104 cm³/mol. The molecule has 6 heteroatoms. The van der Waals surface area contributed by atoms with Gasteiger partial charge in [-0.2, -0.15) is 0 Å². The van der Waals surface area contributed by atoms with Gasteiger partial charge in [0, 0.05) is 28.1 Å². The smallest absolute Gasteiger partial charge is 0.348 e. The second-order valence-electron chi connectivity index (χ2n) is 7.26. The van der Waals surface area contributed by atoms with Crippen molar-refractivity contribution in [2.24, 2.45) is 0 Å². The standard InChI is InChI=1S/C21H23NO4S/c1-13-6-5-7-14(2)22(13)19(23)12-26-21(24)18-10-15-11-25-17-9-4-3-8-16(17)20(15)27-18/h3-4,8-10,13-14H,5-7,11-12H2,1-2H3/t13-,14-/m0/s1. The molecule has 2 aliphatic heterocycles. The summed E-state index contributed by atoms with van der Waals surface area (Å²) in [7, 11) is 0. The number of nitrogens with zero attached hydrogens (tertiary/aromatic N) is 1. The zero-order valence-electron chi connectivity index (χ0n) is 15.6. The highest BCUT2D eigenvalue weighted by atomic mass is 32.1. The average molecular weight is 385 g/mol. The number of benzene rings is 1. The van der Waals surface area contributed by atoms with Gasteiger partial charge in [0.1, 0.15) is 17.2 Å². The van der Waals surface area contributed by atoms with Crippen molar-refractivity contribution >= 4 is 23.2 Å². The summed E-state index contributed by atoms with van der Waals surface area (Å²) in [6, 6.07) is 10.0. The van der Waals surface area contributed by atoms with E-state index in [9.17, 15) is 9.59 Å². The first kappa shape index (κ1) is 18.0. The first-order valence-corrected chi connectivity index (χ1v) is 10.2. The van der Waals surface area contributed by atoms with E-state index in [1.807, 2.05) is 35.2 Å². The van der Waals surface area contributed by atoms with Crippen LogP contribution in [0, 0.1) is 0 Å². The summed E-state index contributed by atoms with van der Waals surface area (Å²) >= 11 is 1.40. The van der Waals surface area contributed by atoms with E-state index in [2.05, 4.69) is 13.8 Å². The van der Waals surface area contributed by atoms with Crippen LogP contribution in [0.2, 0.25) is 0 Å². The minimum absolute atomic E-state index is 0.113. The molecule has 0 saturated carbocycles. The van der Waals surface area contributed by atoms with E-state index in [1.54, 1.807) is 0 Å². The van der Waals surface area contributed by atoms with Crippen molar-refractivity contribution in [2.45, 2.75) is 51.8 Å². The number of carbonyl (C=O) groups excluding carboxylic acids is 2. The Morgan fingerprint density at radius 2 is 1.96 bits per heavy atom. The number of amides is 1. The Hall–Kier alpha value is -2.34. The number of fused-ring (bicyclic) bond motifs is 3. The van der Waals surface area contributed by atoms with Crippen LogP contribution in [0.1, 0.15) is 48.3 Å². The molecule has 0 bridgehead atoms. The van der Waals surface area contributed by atoms with Crippen molar-refractivity contribution in [2.75, 3.05) is 6.61 Å². The van der Waals surface area contributed by atoms with Crippen molar-refractivity contribution < 1.29 is 19.1 Å². The Morgan fingerprint density at radius 1 is 1.22 bits per heavy atom. The molecule has 1 saturated heterocycles. The SMILES string of the molecule is C[C@H]1CCC[C@H](C)N1C(=O)COC(=O)c1cc2c(s1)-c1ccccc1OC2. The van der Waals surface area contributed by atoms with Crippen LogP contribution in [-0.4, -0.2) is 35.5 Å². The second-order valence-corrected chi connectivity index (χ2v) is 8.31. The number of thiophene rings is 1. The lowest BCUT2D eigenvalue weighted by Crippen LogP contribution is -2.49. The van der Waals surface area contributed by atoms with Gasteiger partial charge in [-0.05, 0) is 51.3 Å². The molecule has 27 heavy (non-hydrogen) atoms. The molecule has 4 rings (SSSR count). The van der Waals surface area contributed by atoms with E-state index in [0.717, 1.165) is 41.0 Å². The summed E-state index contributed by atoms with van der Waals surface area (Å²) < 4.78 is 11.1. The number of carbonyl (C=O) groups is 2. The molecule has 0 N–H and O–H groups in total. The summed E-state index contributed by atoms with van der Waals surface area (Å²) in [4.78, 5) is 28.5. The van der Waals surface area contributed by atoms with Crippen LogP contribution in [0.3, 0.4) is 0 Å². The van der Waals surface area contributed by atoms with Crippen LogP contribution < -0.4 is 4.74 Å². The van der Waals surface area contributed by atoms with Crippen LogP contribution in [0.25, 0.3) is 10.4 Å². The van der Waals surface area contributed by atoms with Gasteiger partial charge in [-0.15, -0.1) is 11.3 Å². The predicted octanol–water partition coefficient (Wildman–Crippen LogP) is 4.25. The van der Waals surface area contributed by atoms with Crippen molar-refractivity contribution in [3.63, 3.8) is 0 Å². The number of esters is 1. The first-order chi connectivity index (χ1) is 13.0. The Labute approximate surface area is 162 Å². The van der Waals surface area contributed by atoms with Gasteiger partial charge in [0.15, 0.2) is 6.61 Å². The highest BCUT2D eigenvalue weighted by Gasteiger charge is 2.30. The summed E-state index contributed by atoms with van der Waals surface area (Å²) in [6.07, 6.45) is 3.14. The van der Waals surface area contributed by atoms with Crippen LogP contribution in [0.15, 0.2) is 30.3 Å². The van der Waals surface area contributed by atoms with Crippen LogP contribution >= 0.6 is 11.3 Å². The number of piperidine rings is 1. The third kappa shape index (κ3) is 3.46. The van der Waals surface area contributed by atoms with Gasteiger partial charge in [-0.25, -0.2) is 4.79 Å². The molecule has 0 radical (unpaired) electrons.